The molecule has 1 aromatic heterocycles. The van der Waals surface area contributed by atoms with Gasteiger partial charge in [0.1, 0.15) is 0 Å². The van der Waals surface area contributed by atoms with E-state index in [2.05, 4.69) is 42.2 Å². The zero-order chi connectivity index (χ0) is 14.2. The number of nitrogens with one attached hydrogen (secondary N) is 1. The third-order valence-corrected chi connectivity index (χ3v) is 4.85. The Morgan fingerprint density at radius 1 is 1.37 bits per heavy atom. The van der Waals surface area contributed by atoms with Gasteiger partial charge in [-0.15, -0.1) is 0 Å². The number of aromatic nitrogens is 1. The summed E-state index contributed by atoms with van der Waals surface area (Å²) < 4.78 is 1.65. The molecule has 100 valence electrons. The van der Waals surface area contributed by atoms with Crippen molar-refractivity contribution in [3.8, 4) is 10.4 Å². The molecule has 0 saturated heterocycles. The number of thiazole rings is 1. The lowest BCUT2D eigenvalue weighted by atomic mass is 10.1. The number of benzene rings is 1. The van der Waals surface area contributed by atoms with E-state index in [-0.39, 0.29) is 5.91 Å². The number of carbonyl (C=O) groups is 1. The van der Waals surface area contributed by atoms with Gasteiger partial charge in [-0.1, -0.05) is 11.3 Å². The van der Waals surface area contributed by atoms with E-state index in [0.717, 1.165) is 25.1 Å². The second-order valence-electron chi connectivity index (χ2n) is 3.97. The number of hydrogen-bond donors (Lipinski definition) is 2. The Morgan fingerprint density at radius 2 is 1.95 bits per heavy atom. The summed E-state index contributed by atoms with van der Waals surface area (Å²) in [6.07, 6.45) is 0. The van der Waals surface area contributed by atoms with Crippen LogP contribution in [0.4, 0.5) is 10.8 Å². The quantitative estimate of drug-likeness (QED) is 0.737. The fourth-order valence-corrected chi connectivity index (χ4v) is 3.77. The summed E-state index contributed by atoms with van der Waals surface area (Å²) >= 11 is 8.29. The number of rotatable bonds is 2. The summed E-state index contributed by atoms with van der Waals surface area (Å²) in [4.78, 5) is 16.4. The molecule has 2 aromatic rings. The van der Waals surface area contributed by atoms with Crippen molar-refractivity contribution in [1.29, 1.82) is 0 Å². The normalized spacial score (nSPS) is 10.5. The molecule has 0 unspecified atom stereocenters. The van der Waals surface area contributed by atoms with Crippen molar-refractivity contribution >= 4 is 59.9 Å². The van der Waals surface area contributed by atoms with Crippen LogP contribution in [0.15, 0.2) is 21.1 Å². The number of aryl methyl sites for hydroxylation is 1. The molecule has 0 aliphatic carbocycles. The zero-order valence-corrected chi connectivity index (χ0v) is 14.2. The van der Waals surface area contributed by atoms with E-state index in [1.54, 1.807) is 0 Å². The van der Waals surface area contributed by atoms with Crippen molar-refractivity contribution < 1.29 is 4.79 Å². The highest BCUT2D eigenvalue weighted by Crippen LogP contribution is 2.38. The molecule has 0 fully saturated rings. The van der Waals surface area contributed by atoms with Crippen LogP contribution in [-0.2, 0) is 4.79 Å². The second-order valence-corrected chi connectivity index (χ2v) is 6.68. The maximum absolute atomic E-state index is 11.0. The molecule has 1 aromatic carbocycles. The zero-order valence-electron chi connectivity index (χ0n) is 10.3. The van der Waals surface area contributed by atoms with Gasteiger partial charge in [0.2, 0.25) is 5.91 Å². The van der Waals surface area contributed by atoms with Gasteiger partial charge in [0, 0.05) is 15.9 Å². The van der Waals surface area contributed by atoms with Crippen LogP contribution < -0.4 is 11.1 Å². The second kappa shape index (κ2) is 5.60. The number of hydrogen-bond acceptors (Lipinski definition) is 4. The van der Waals surface area contributed by atoms with Crippen LogP contribution in [-0.4, -0.2) is 10.9 Å². The summed E-state index contributed by atoms with van der Waals surface area (Å²) in [5.41, 5.74) is 8.41. The first-order chi connectivity index (χ1) is 8.88. The number of amides is 1. The van der Waals surface area contributed by atoms with Gasteiger partial charge in [0.25, 0.3) is 0 Å². The smallest absolute Gasteiger partial charge is 0.223 e. The van der Waals surface area contributed by atoms with Crippen molar-refractivity contribution in [1.82, 2.24) is 4.98 Å². The van der Waals surface area contributed by atoms with Gasteiger partial charge in [-0.25, -0.2) is 4.98 Å². The summed E-state index contributed by atoms with van der Waals surface area (Å²) in [5.74, 6) is -0.125. The monoisotopic (exact) mass is 403 g/mol. The Labute approximate surface area is 131 Å². The van der Waals surface area contributed by atoms with Gasteiger partial charge in [0.05, 0.1) is 16.3 Å². The van der Waals surface area contributed by atoms with Crippen LogP contribution in [0.2, 0.25) is 0 Å². The standard InChI is InChI=1S/C12H11Br2N3OS/c1-5-11(19-12(16-5)17-6(2)18)7-3-8(13)10(15)9(14)4-7/h3-4H,15H2,1-2H3,(H,16,17,18). The number of carbonyl (C=O) groups excluding carboxylic acids is 1. The average Bonchev–Trinajstić information content (AvgIpc) is 2.65. The maximum atomic E-state index is 11.0. The third kappa shape index (κ3) is 3.16. The first-order valence-electron chi connectivity index (χ1n) is 5.38. The van der Waals surface area contributed by atoms with Crippen LogP contribution in [0.3, 0.4) is 0 Å². The van der Waals surface area contributed by atoms with Gasteiger partial charge < -0.3 is 11.1 Å². The minimum absolute atomic E-state index is 0.125. The highest BCUT2D eigenvalue weighted by atomic mass is 79.9. The number of halogens is 2. The Kier molecular flexibility index (Phi) is 4.27. The lowest BCUT2D eigenvalue weighted by Crippen LogP contribution is -2.04. The first-order valence-corrected chi connectivity index (χ1v) is 7.78. The molecule has 4 nitrogen and oxygen atoms in total. The molecule has 1 amide bonds. The Morgan fingerprint density at radius 3 is 2.47 bits per heavy atom. The third-order valence-electron chi connectivity index (χ3n) is 2.42. The molecule has 1 heterocycles. The molecule has 7 heteroatoms. The van der Waals surface area contributed by atoms with Gasteiger partial charge in [-0.3, -0.25) is 4.79 Å². The van der Waals surface area contributed by atoms with E-state index in [9.17, 15) is 4.79 Å². The summed E-state index contributed by atoms with van der Waals surface area (Å²) in [5, 5.41) is 3.30. The fourth-order valence-electron chi connectivity index (χ4n) is 1.58. The predicted molar refractivity (Wildman–Crippen MR) is 86.4 cm³/mol. The Balaban J connectivity index is 2.47. The topological polar surface area (TPSA) is 68.0 Å². The molecule has 19 heavy (non-hydrogen) atoms. The van der Waals surface area contributed by atoms with Gasteiger partial charge in [-0.2, -0.15) is 0 Å². The number of nitrogens with two attached hydrogens (primary N) is 1. The van der Waals surface area contributed by atoms with Crippen LogP contribution in [0.25, 0.3) is 10.4 Å². The van der Waals surface area contributed by atoms with Crippen molar-refractivity contribution in [3.05, 3.63) is 26.8 Å². The molecule has 0 bridgehead atoms. The first kappa shape index (κ1) is 14.5. The van der Waals surface area contributed by atoms with Crippen molar-refractivity contribution in [2.75, 3.05) is 11.1 Å². The van der Waals surface area contributed by atoms with Gasteiger partial charge in [-0.05, 0) is 56.5 Å². The van der Waals surface area contributed by atoms with Crippen LogP contribution in [0, 0.1) is 6.92 Å². The van der Waals surface area contributed by atoms with Crippen LogP contribution in [0.1, 0.15) is 12.6 Å². The summed E-state index contributed by atoms with van der Waals surface area (Å²) in [6, 6.07) is 3.89. The van der Waals surface area contributed by atoms with Crippen molar-refractivity contribution in [2.45, 2.75) is 13.8 Å². The van der Waals surface area contributed by atoms with Crippen LogP contribution in [0.5, 0.6) is 0 Å². The average molecular weight is 405 g/mol. The van der Waals surface area contributed by atoms with E-state index in [0.29, 0.717) is 10.8 Å². The SMILES string of the molecule is CC(=O)Nc1nc(C)c(-c2cc(Br)c(N)c(Br)c2)s1. The molecule has 0 spiro atoms. The van der Waals surface area contributed by atoms with Gasteiger partial charge in [0.15, 0.2) is 5.13 Å². The molecule has 0 atom stereocenters. The molecule has 3 N–H and O–H groups in total. The summed E-state index contributed by atoms with van der Waals surface area (Å²) in [7, 11) is 0. The van der Waals surface area contributed by atoms with E-state index in [1.165, 1.54) is 18.3 Å². The van der Waals surface area contributed by atoms with E-state index < -0.39 is 0 Å². The van der Waals surface area contributed by atoms with Crippen LogP contribution >= 0.6 is 43.2 Å². The maximum Gasteiger partial charge on any atom is 0.223 e. The molecule has 0 radical (unpaired) electrons. The number of nitrogen functional groups attached to an aromatic ring is 1. The van der Waals surface area contributed by atoms with Gasteiger partial charge >= 0.3 is 0 Å². The van der Waals surface area contributed by atoms with E-state index in [4.69, 9.17) is 5.73 Å². The van der Waals surface area contributed by atoms with Crippen molar-refractivity contribution in [3.63, 3.8) is 0 Å². The predicted octanol–water partition coefficient (Wildman–Crippen LogP) is 4.18. The molecule has 2 rings (SSSR count). The molecule has 0 aliphatic rings. The lowest BCUT2D eigenvalue weighted by molar-refractivity contribution is -0.114. The molecular weight excluding hydrogens is 394 g/mol. The minimum Gasteiger partial charge on any atom is -0.397 e. The van der Waals surface area contributed by atoms with Crippen molar-refractivity contribution in [2.24, 2.45) is 0 Å². The summed E-state index contributed by atoms with van der Waals surface area (Å²) in [6.45, 7) is 3.38. The largest absolute Gasteiger partial charge is 0.397 e. The molecule has 0 saturated carbocycles. The molecular formula is C12H11Br2N3OS. The highest BCUT2D eigenvalue weighted by molar-refractivity contribution is 9.11. The Hall–Kier alpha value is -0.920. The highest BCUT2D eigenvalue weighted by Gasteiger charge is 2.13. The van der Waals surface area contributed by atoms with E-state index >= 15 is 0 Å². The lowest BCUT2D eigenvalue weighted by Gasteiger charge is -2.05. The number of nitrogens with zero attached hydrogens (tertiary/aromatic N) is 1. The number of anilines is 2. The van der Waals surface area contributed by atoms with E-state index in [1.807, 2.05) is 19.1 Å². The Bertz CT molecular complexity index is 631. The fraction of sp³-hybridized carbons (Fsp3) is 0.167. The minimum atomic E-state index is -0.125. The molecule has 0 aliphatic heterocycles.